The zero-order valence-corrected chi connectivity index (χ0v) is 12.5. The van der Waals surface area contributed by atoms with Crippen molar-refractivity contribution in [2.45, 2.75) is 38.0 Å². The Morgan fingerprint density at radius 2 is 1.82 bits per heavy atom. The molecule has 1 amide bonds. The second kappa shape index (κ2) is 5.55. The highest BCUT2D eigenvalue weighted by atomic mass is 16.5. The maximum atomic E-state index is 12.3. The highest BCUT2D eigenvalue weighted by molar-refractivity contribution is 5.94. The van der Waals surface area contributed by atoms with Gasteiger partial charge in [0.15, 0.2) is 0 Å². The van der Waals surface area contributed by atoms with Gasteiger partial charge in [-0.2, -0.15) is 4.98 Å². The first kappa shape index (κ1) is 13.5. The summed E-state index contributed by atoms with van der Waals surface area (Å²) in [7, 11) is 0. The Balaban J connectivity index is 1.51. The van der Waals surface area contributed by atoms with Crippen LogP contribution < -0.4 is 0 Å². The Labute approximate surface area is 129 Å². The first-order chi connectivity index (χ1) is 10.8. The van der Waals surface area contributed by atoms with Gasteiger partial charge in [0.05, 0.1) is 0 Å². The minimum absolute atomic E-state index is 0.118. The number of rotatable bonds is 3. The van der Waals surface area contributed by atoms with Gasteiger partial charge in [-0.3, -0.25) is 4.79 Å². The molecule has 1 saturated heterocycles. The normalized spacial score (nSPS) is 18.5. The number of nitrogens with zero attached hydrogens (tertiary/aromatic N) is 3. The summed E-state index contributed by atoms with van der Waals surface area (Å²) in [6.45, 7) is 1.74. The molecule has 1 aliphatic carbocycles. The van der Waals surface area contributed by atoms with Gasteiger partial charge in [-0.05, 0) is 37.8 Å². The van der Waals surface area contributed by atoms with Crippen molar-refractivity contribution in [3.8, 4) is 11.4 Å². The molecule has 0 N–H and O–H groups in total. The zero-order chi connectivity index (χ0) is 14.9. The summed E-state index contributed by atoms with van der Waals surface area (Å²) in [6, 6.07) is 7.52. The van der Waals surface area contributed by atoms with Gasteiger partial charge in [-0.25, -0.2) is 0 Å². The molecule has 2 aliphatic rings. The average molecular weight is 297 g/mol. The fourth-order valence-electron chi connectivity index (χ4n) is 3.04. The van der Waals surface area contributed by atoms with Crippen molar-refractivity contribution in [1.82, 2.24) is 15.0 Å². The predicted molar refractivity (Wildman–Crippen MR) is 81.5 cm³/mol. The summed E-state index contributed by atoms with van der Waals surface area (Å²) in [5, 5.41) is 4.06. The maximum absolute atomic E-state index is 12.3. The molecule has 2 fully saturated rings. The Bertz CT molecular complexity index is 667. The van der Waals surface area contributed by atoms with Gasteiger partial charge in [0.25, 0.3) is 5.91 Å². The third-order valence-corrected chi connectivity index (χ3v) is 4.68. The summed E-state index contributed by atoms with van der Waals surface area (Å²) >= 11 is 0. The standard InChI is InChI=1S/C17H19N3O2/c21-17(20-10-1-2-11-20)14-8-6-12(7-9-14)15-18-16(22-19-15)13-4-3-5-13/h6-9,13H,1-5,10-11H2. The molecular weight excluding hydrogens is 278 g/mol. The number of amides is 1. The molecule has 1 aromatic heterocycles. The molecule has 5 nitrogen and oxygen atoms in total. The molecule has 5 heteroatoms. The molecule has 114 valence electrons. The molecule has 0 spiro atoms. The zero-order valence-electron chi connectivity index (χ0n) is 12.5. The van der Waals surface area contributed by atoms with Crippen LogP contribution in [0.1, 0.15) is 54.3 Å². The van der Waals surface area contributed by atoms with Crippen molar-refractivity contribution < 1.29 is 9.32 Å². The quantitative estimate of drug-likeness (QED) is 0.872. The van der Waals surface area contributed by atoms with Crippen LogP contribution >= 0.6 is 0 Å². The maximum Gasteiger partial charge on any atom is 0.253 e. The summed E-state index contributed by atoms with van der Waals surface area (Å²) < 4.78 is 5.35. The molecule has 0 atom stereocenters. The molecule has 0 unspecified atom stereocenters. The summed E-state index contributed by atoms with van der Waals surface area (Å²) in [4.78, 5) is 18.7. The van der Waals surface area contributed by atoms with E-state index < -0.39 is 0 Å². The SMILES string of the molecule is O=C(c1ccc(-c2noc(C3CCC3)n2)cc1)N1CCCC1. The van der Waals surface area contributed by atoms with E-state index in [1.807, 2.05) is 29.2 Å². The monoisotopic (exact) mass is 297 g/mol. The second-order valence-corrected chi connectivity index (χ2v) is 6.16. The lowest BCUT2D eigenvalue weighted by molar-refractivity contribution is 0.0793. The van der Waals surface area contributed by atoms with Crippen molar-refractivity contribution in [1.29, 1.82) is 0 Å². The van der Waals surface area contributed by atoms with Gasteiger partial charge in [-0.15, -0.1) is 0 Å². The molecule has 22 heavy (non-hydrogen) atoms. The molecule has 1 saturated carbocycles. The van der Waals surface area contributed by atoms with Crippen LogP contribution in [-0.4, -0.2) is 34.0 Å². The summed E-state index contributed by atoms with van der Waals surface area (Å²) in [5.74, 6) is 1.92. The van der Waals surface area contributed by atoms with Crippen LogP contribution in [0.15, 0.2) is 28.8 Å². The van der Waals surface area contributed by atoms with E-state index in [1.165, 1.54) is 6.42 Å². The Morgan fingerprint density at radius 1 is 1.09 bits per heavy atom. The number of aromatic nitrogens is 2. The fraction of sp³-hybridized carbons (Fsp3) is 0.471. The van der Waals surface area contributed by atoms with E-state index in [4.69, 9.17) is 4.52 Å². The van der Waals surface area contributed by atoms with Crippen LogP contribution in [0.25, 0.3) is 11.4 Å². The largest absolute Gasteiger partial charge is 0.339 e. The first-order valence-electron chi connectivity index (χ1n) is 8.04. The Morgan fingerprint density at radius 3 is 2.45 bits per heavy atom. The lowest BCUT2D eigenvalue weighted by atomic mass is 9.85. The van der Waals surface area contributed by atoms with E-state index >= 15 is 0 Å². The predicted octanol–water partition coefficient (Wildman–Crippen LogP) is 3.24. The van der Waals surface area contributed by atoms with Crippen LogP contribution in [0.5, 0.6) is 0 Å². The van der Waals surface area contributed by atoms with Crippen LogP contribution in [0, 0.1) is 0 Å². The van der Waals surface area contributed by atoms with E-state index in [1.54, 1.807) is 0 Å². The van der Waals surface area contributed by atoms with Crippen LogP contribution in [0.4, 0.5) is 0 Å². The summed E-state index contributed by atoms with van der Waals surface area (Å²) in [6.07, 6.45) is 5.75. The molecular formula is C17H19N3O2. The lowest BCUT2D eigenvalue weighted by Crippen LogP contribution is -2.27. The van der Waals surface area contributed by atoms with Gasteiger partial charge < -0.3 is 9.42 Å². The van der Waals surface area contributed by atoms with Crippen molar-refractivity contribution in [3.63, 3.8) is 0 Å². The second-order valence-electron chi connectivity index (χ2n) is 6.16. The molecule has 4 rings (SSSR count). The number of benzene rings is 1. The third kappa shape index (κ3) is 2.40. The smallest absolute Gasteiger partial charge is 0.253 e. The molecule has 0 radical (unpaired) electrons. The third-order valence-electron chi connectivity index (χ3n) is 4.68. The van der Waals surface area contributed by atoms with E-state index in [0.717, 1.165) is 55.8 Å². The van der Waals surface area contributed by atoms with Gasteiger partial charge in [0.2, 0.25) is 11.7 Å². The summed E-state index contributed by atoms with van der Waals surface area (Å²) in [5.41, 5.74) is 1.63. The molecule has 2 aromatic rings. The van der Waals surface area contributed by atoms with Crippen molar-refractivity contribution in [2.75, 3.05) is 13.1 Å². The highest BCUT2D eigenvalue weighted by Crippen LogP contribution is 2.35. The fourth-order valence-corrected chi connectivity index (χ4v) is 3.04. The van der Waals surface area contributed by atoms with E-state index in [-0.39, 0.29) is 5.91 Å². The Kier molecular flexibility index (Phi) is 3.41. The number of carbonyl (C=O) groups excluding carboxylic acids is 1. The van der Waals surface area contributed by atoms with Crippen LogP contribution in [0.2, 0.25) is 0 Å². The molecule has 0 bridgehead atoms. The topological polar surface area (TPSA) is 59.2 Å². The number of likely N-dealkylation sites (tertiary alicyclic amines) is 1. The highest BCUT2D eigenvalue weighted by Gasteiger charge is 2.25. The minimum Gasteiger partial charge on any atom is -0.339 e. The van der Waals surface area contributed by atoms with Gasteiger partial charge in [0.1, 0.15) is 0 Å². The van der Waals surface area contributed by atoms with E-state index in [2.05, 4.69) is 10.1 Å². The number of hydrogen-bond acceptors (Lipinski definition) is 4. The lowest BCUT2D eigenvalue weighted by Gasteiger charge is -2.20. The number of carbonyl (C=O) groups is 1. The van der Waals surface area contributed by atoms with Crippen molar-refractivity contribution >= 4 is 5.91 Å². The van der Waals surface area contributed by atoms with Crippen LogP contribution in [-0.2, 0) is 0 Å². The van der Waals surface area contributed by atoms with E-state index in [0.29, 0.717) is 11.7 Å². The van der Waals surface area contributed by atoms with Gasteiger partial charge >= 0.3 is 0 Å². The van der Waals surface area contributed by atoms with Crippen LogP contribution in [0.3, 0.4) is 0 Å². The Hall–Kier alpha value is -2.17. The van der Waals surface area contributed by atoms with Crippen molar-refractivity contribution in [2.24, 2.45) is 0 Å². The van der Waals surface area contributed by atoms with Crippen molar-refractivity contribution in [3.05, 3.63) is 35.7 Å². The number of hydrogen-bond donors (Lipinski definition) is 0. The molecule has 2 heterocycles. The molecule has 1 aromatic carbocycles. The first-order valence-corrected chi connectivity index (χ1v) is 8.04. The minimum atomic E-state index is 0.118. The van der Waals surface area contributed by atoms with E-state index in [9.17, 15) is 4.79 Å². The van der Waals surface area contributed by atoms with Gasteiger partial charge in [-0.1, -0.05) is 23.7 Å². The van der Waals surface area contributed by atoms with Gasteiger partial charge in [0, 0.05) is 30.1 Å². The molecule has 1 aliphatic heterocycles. The average Bonchev–Trinajstić information content (AvgIpc) is 3.17.